The first-order valence-corrected chi connectivity index (χ1v) is 7.50. The van der Waals surface area contributed by atoms with Gasteiger partial charge in [-0.1, -0.05) is 19.3 Å². The van der Waals surface area contributed by atoms with E-state index in [4.69, 9.17) is 14.2 Å². The predicted octanol–water partition coefficient (Wildman–Crippen LogP) is 3.48. The van der Waals surface area contributed by atoms with Crippen LogP contribution in [0.2, 0.25) is 0 Å². The Kier molecular flexibility index (Phi) is 5.62. The monoisotopic (exact) mass is 292 g/mol. The molecule has 4 heteroatoms. The van der Waals surface area contributed by atoms with Gasteiger partial charge in [0, 0.05) is 12.7 Å². The first-order valence-electron chi connectivity index (χ1n) is 7.50. The molecule has 2 rings (SSSR count). The molecule has 0 aromatic heterocycles. The molecule has 0 amide bonds. The maximum absolute atomic E-state index is 12.7. The van der Waals surface area contributed by atoms with Crippen molar-refractivity contribution in [1.82, 2.24) is 0 Å². The Hall–Kier alpha value is -1.55. The number of hydrogen-bond acceptors (Lipinski definition) is 4. The quantitative estimate of drug-likeness (QED) is 0.753. The summed E-state index contributed by atoms with van der Waals surface area (Å²) in [5.41, 5.74) is 0.616. The van der Waals surface area contributed by atoms with Crippen LogP contribution < -0.4 is 9.47 Å². The van der Waals surface area contributed by atoms with E-state index in [9.17, 15) is 4.79 Å². The second kappa shape index (κ2) is 7.46. The molecule has 0 aliphatic heterocycles. The highest BCUT2D eigenvalue weighted by Gasteiger charge is 2.30. The summed E-state index contributed by atoms with van der Waals surface area (Å²) in [7, 11) is 4.78. The van der Waals surface area contributed by atoms with Crippen LogP contribution in [0.3, 0.4) is 0 Å². The standard InChI is InChI=1S/C17H24O4/c1-19-14-10-9-13(11-15(14)20-2)16(18)17(21-3)12-7-5-4-6-8-12/h9-12,17H,4-8H2,1-3H3. The van der Waals surface area contributed by atoms with Crippen LogP contribution in [-0.2, 0) is 4.74 Å². The molecular formula is C17H24O4. The largest absolute Gasteiger partial charge is 0.493 e. The van der Waals surface area contributed by atoms with Crippen molar-refractivity contribution < 1.29 is 19.0 Å². The Balaban J connectivity index is 2.20. The van der Waals surface area contributed by atoms with E-state index in [1.807, 2.05) is 0 Å². The fourth-order valence-corrected chi connectivity index (χ4v) is 3.10. The Labute approximate surface area is 126 Å². The lowest BCUT2D eigenvalue weighted by molar-refractivity contribution is 0.0314. The maximum Gasteiger partial charge on any atom is 0.191 e. The van der Waals surface area contributed by atoms with Crippen molar-refractivity contribution in [1.29, 1.82) is 0 Å². The van der Waals surface area contributed by atoms with Crippen LogP contribution in [0.25, 0.3) is 0 Å². The van der Waals surface area contributed by atoms with Crippen LogP contribution in [0.5, 0.6) is 11.5 Å². The van der Waals surface area contributed by atoms with Crippen LogP contribution >= 0.6 is 0 Å². The van der Waals surface area contributed by atoms with Gasteiger partial charge in [-0.15, -0.1) is 0 Å². The molecular weight excluding hydrogens is 268 g/mol. The molecule has 4 nitrogen and oxygen atoms in total. The number of carbonyl (C=O) groups excluding carboxylic acids is 1. The molecule has 116 valence electrons. The van der Waals surface area contributed by atoms with Crippen molar-refractivity contribution in [3.8, 4) is 11.5 Å². The zero-order chi connectivity index (χ0) is 15.2. The van der Waals surface area contributed by atoms with Gasteiger partial charge in [-0.25, -0.2) is 0 Å². The van der Waals surface area contributed by atoms with Gasteiger partial charge < -0.3 is 14.2 Å². The number of hydrogen-bond donors (Lipinski definition) is 0. The zero-order valence-electron chi connectivity index (χ0n) is 13.1. The fraction of sp³-hybridized carbons (Fsp3) is 0.588. The second-order valence-corrected chi connectivity index (χ2v) is 5.49. The summed E-state index contributed by atoms with van der Waals surface area (Å²) < 4.78 is 16.0. The molecule has 1 unspecified atom stereocenters. The lowest BCUT2D eigenvalue weighted by atomic mass is 9.82. The van der Waals surface area contributed by atoms with Crippen molar-refractivity contribution in [2.45, 2.75) is 38.2 Å². The van der Waals surface area contributed by atoms with Gasteiger partial charge in [0.05, 0.1) is 14.2 Å². The van der Waals surface area contributed by atoms with E-state index >= 15 is 0 Å². The number of ketones is 1. The summed E-state index contributed by atoms with van der Waals surface area (Å²) in [6, 6.07) is 5.27. The molecule has 1 saturated carbocycles. The first kappa shape index (κ1) is 15.8. The van der Waals surface area contributed by atoms with Crippen molar-refractivity contribution in [3.05, 3.63) is 23.8 Å². The lowest BCUT2D eigenvalue weighted by Gasteiger charge is -2.28. The third-order valence-electron chi connectivity index (χ3n) is 4.26. The van der Waals surface area contributed by atoms with Crippen LogP contribution in [0.1, 0.15) is 42.5 Å². The molecule has 1 atom stereocenters. The highest BCUT2D eigenvalue weighted by Crippen LogP contribution is 2.32. The summed E-state index contributed by atoms with van der Waals surface area (Å²) >= 11 is 0. The van der Waals surface area contributed by atoms with Crippen molar-refractivity contribution in [2.24, 2.45) is 5.92 Å². The van der Waals surface area contributed by atoms with Gasteiger partial charge in [-0.3, -0.25) is 4.79 Å². The average Bonchev–Trinajstić information content (AvgIpc) is 2.55. The van der Waals surface area contributed by atoms with Crippen LogP contribution in [0, 0.1) is 5.92 Å². The molecule has 1 aromatic rings. The minimum atomic E-state index is -0.358. The van der Waals surface area contributed by atoms with Crippen molar-refractivity contribution in [2.75, 3.05) is 21.3 Å². The summed E-state index contributed by atoms with van der Waals surface area (Å²) in [6.45, 7) is 0. The molecule has 0 radical (unpaired) electrons. The molecule has 21 heavy (non-hydrogen) atoms. The van der Waals surface area contributed by atoms with E-state index in [1.165, 1.54) is 19.3 Å². The molecule has 0 saturated heterocycles. The summed E-state index contributed by atoms with van der Waals surface area (Å²) in [6.07, 6.45) is 5.41. The molecule has 1 aliphatic rings. The Morgan fingerprint density at radius 2 is 1.71 bits per heavy atom. The van der Waals surface area contributed by atoms with Gasteiger partial charge >= 0.3 is 0 Å². The topological polar surface area (TPSA) is 44.8 Å². The highest BCUT2D eigenvalue weighted by atomic mass is 16.5. The first-order chi connectivity index (χ1) is 10.2. The third-order valence-corrected chi connectivity index (χ3v) is 4.26. The van der Waals surface area contributed by atoms with Gasteiger partial charge in [0.25, 0.3) is 0 Å². The van der Waals surface area contributed by atoms with E-state index in [0.29, 0.717) is 23.0 Å². The Morgan fingerprint density at radius 3 is 2.29 bits per heavy atom. The van der Waals surface area contributed by atoms with E-state index in [-0.39, 0.29) is 11.9 Å². The van der Waals surface area contributed by atoms with Crippen LogP contribution in [0.15, 0.2) is 18.2 Å². The molecule has 1 aliphatic carbocycles. The maximum atomic E-state index is 12.7. The number of ether oxygens (including phenoxy) is 3. The van der Waals surface area contributed by atoms with Gasteiger partial charge in [-0.05, 0) is 37.0 Å². The lowest BCUT2D eigenvalue weighted by Crippen LogP contribution is -2.33. The minimum absolute atomic E-state index is 0.0327. The number of carbonyl (C=O) groups is 1. The predicted molar refractivity (Wildman–Crippen MR) is 81.2 cm³/mol. The van der Waals surface area contributed by atoms with Crippen LogP contribution in [0.4, 0.5) is 0 Å². The number of rotatable bonds is 6. The second-order valence-electron chi connectivity index (χ2n) is 5.49. The van der Waals surface area contributed by atoms with E-state index in [2.05, 4.69) is 0 Å². The van der Waals surface area contributed by atoms with Gasteiger partial charge in [0.15, 0.2) is 17.3 Å². The van der Waals surface area contributed by atoms with Crippen molar-refractivity contribution >= 4 is 5.78 Å². The SMILES string of the molecule is COc1ccc(C(=O)C(OC)C2CCCCC2)cc1OC. The number of methoxy groups -OCH3 is 3. The van der Waals surface area contributed by atoms with Crippen LogP contribution in [-0.4, -0.2) is 33.2 Å². The molecule has 0 heterocycles. The molecule has 1 fully saturated rings. The minimum Gasteiger partial charge on any atom is -0.493 e. The zero-order valence-corrected chi connectivity index (χ0v) is 13.1. The van der Waals surface area contributed by atoms with E-state index in [0.717, 1.165) is 12.8 Å². The molecule has 1 aromatic carbocycles. The van der Waals surface area contributed by atoms with Gasteiger partial charge in [-0.2, -0.15) is 0 Å². The molecule has 0 N–H and O–H groups in total. The summed E-state index contributed by atoms with van der Waals surface area (Å²) in [5.74, 6) is 1.55. The average molecular weight is 292 g/mol. The van der Waals surface area contributed by atoms with E-state index in [1.54, 1.807) is 39.5 Å². The van der Waals surface area contributed by atoms with E-state index < -0.39 is 0 Å². The number of Topliss-reactive ketones (excluding diaryl/α,β-unsaturated/α-hetero) is 1. The summed E-state index contributed by atoms with van der Waals surface area (Å²) in [4.78, 5) is 12.7. The Morgan fingerprint density at radius 1 is 1.05 bits per heavy atom. The normalized spacial score (nSPS) is 17.3. The number of benzene rings is 1. The summed E-state index contributed by atoms with van der Waals surface area (Å²) in [5, 5.41) is 0. The third kappa shape index (κ3) is 3.56. The van der Waals surface area contributed by atoms with Gasteiger partial charge in [0.2, 0.25) is 0 Å². The fourth-order valence-electron chi connectivity index (χ4n) is 3.10. The smallest absolute Gasteiger partial charge is 0.191 e. The van der Waals surface area contributed by atoms with Gasteiger partial charge in [0.1, 0.15) is 6.10 Å². The molecule has 0 bridgehead atoms. The Bertz CT molecular complexity index is 478. The molecule has 0 spiro atoms. The van der Waals surface area contributed by atoms with Crippen molar-refractivity contribution in [3.63, 3.8) is 0 Å². The highest BCUT2D eigenvalue weighted by molar-refractivity contribution is 6.00.